The van der Waals surface area contributed by atoms with Crippen LogP contribution in [-0.4, -0.2) is 37.4 Å². The standard InChI is InChI=1S/C16H30N2O2/c1-6-12(13-8-7-9-14(13)19)10-16(2,3)15(20)17-11-18(4)5/h12-13H,6-11H2,1-5H3,(H,17,20). The van der Waals surface area contributed by atoms with Gasteiger partial charge in [0.2, 0.25) is 5.91 Å². The molecular formula is C16H30N2O2. The Labute approximate surface area is 123 Å². The van der Waals surface area contributed by atoms with E-state index in [-0.39, 0.29) is 11.8 Å². The molecule has 0 bridgehead atoms. The van der Waals surface area contributed by atoms with Crippen LogP contribution in [0.15, 0.2) is 0 Å². The number of hydrogen-bond acceptors (Lipinski definition) is 3. The van der Waals surface area contributed by atoms with Crippen molar-refractivity contribution in [2.45, 2.75) is 52.9 Å². The summed E-state index contributed by atoms with van der Waals surface area (Å²) < 4.78 is 0. The number of carbonyl (C=O) groups is 2. The van der Waals surface area contributed by atoms with Crippen molar-refractivity contribution in [3.63, 3.8) is 0 Å². The lowest BCUT2D eigenvalue weighted by atomic mass is 9.75. The lowest BCUT2D eigenvalue weighted by Gasteiger charge is -2.31. The second-order valence-electron chi connectivity index (χ2n) is 6.97. The fourth-order valence-corrected chi connectivity index (χ4v) is 3.13. The molecule has 116 valence electrons. The summed E-state index contributed by atoms with van der Waals surface area (Å²) in [5.74, 6) is 1.00. The fraction of sp³-hybridized carbons (Fsp3) is 0.875. The van der Waals surface area contributed by atoms with Gasteiger partial charge in [-0.2, -0.15) is 0 Å². The minimum atomic E-state index is -0.417. The fourth-order valence-electron chi connectivity index (χ4n) is 3.13. The van der Waals surface area contributed by atoms with Crippen molar-refractivity contribution in [1.82, 2.24) is 10.2 Å². The van der Waals surface area contributed by atoms with E-state index in [0.29, 0.717) is 18.4 Å². The number of Topliss-reactive ketones (excluding diaryl/α,β-unsaturated/α-hetero) is 1. The zero-order chi connectivity index (χ0) is 15.3. The van der Waals surface area contributed by atoms with Crippen LogP contribution < -0.4 is 5.32 Å². The lowest BCUT2D eigenvalue weighted by molar-refractivity contribution is -0.132. The predicted octanol–water partition coefficient (Wildman–Crippen LogP) is 2.43. The lowest BCUT2D eigenvalue weighted by Crippen LogP contribution is -2.42. The van der Waals surface area contributed by atoms with Crippen LogP contribution in [0, 0.1) is 17.3 Å². The van der Waals surface area contributed by atoms with Gasteiger partial charge in [-0.3, -0.25) is 14.5 Å². The second kappa shape index (κ2) is 7.21. The highest BCUT2D eigenvalue weighted by Crippen LogP contribution is 2.37. The zero-order valence-electron chi connectivity index (χ0n) is 13.7. The maximum Gasteiger partial charge on any atom is 0.226 e. The van der Waals surface area contributed by atoms with E-state index in [1.165, 1.54) is 0 Å². The normalized spacial score (nSPS) is 21.3. The van der Waals surface area contributed by atoms with Gasteiger partial charge in [-0.25, -0.2) is 0 Å². The third-order valence-corrected chi connectivity index (χ3v) is 4.39. The van der Waals surface area contributed by atoms with Crippen LogP contribution in [0.1, 0.15) is 52.9 Å². The first kappa shape index (κ1) is 17.2. The maximum absolute atomic E-state index is 12.3. The summed E-state index contributed by atoms with van der Waals surface area (Å²) in [5.41, 5.74) is -0.417. The molecule has 1 amide bonds. The molecule has 20 heavy (non-hydrogen) atoms. The van der Waals surface area contributed by atoms with Crippen molar-refractivity contribution in [3.8, 4) is 0 Å². The quantitative estimate of drug-likeness (QED) is 0.730. The van der Waals surface area contributed by atoms with Crippen LogP contribution in [0.2, 0.25) is 0 Å². The molecule has 0 radical (unpaired) electrons. The maximum atomic E-state index is 12.3. The van der Waals surface area contributed by atoms with Crippen LogP contribution >= 0.6 is 0 Å². The molecule has 2 unspecified atom stereocenters. The van der Waals surface area contributed by atoms with Gasteiger partial charge < -0.3 is 5.32 Å². The van der Waals surface area contributed by atoms with Gasteiger partial charge in [0.15, 0.2) is 0 Å². The predicted molar refractivity (Wildman–Crippen MR) is 81.2 cm³/mol. The molecular weight excluding hydrogens is 252 g/mol. The molecule has 4 heteroatoms. The van der Waals surface area contributed by atoms with Gasteiger partial charge in [0, 0.05) is 17.8 Å². The third-order valence-electron chi connectivity index (χ3n) is 4.39. The molecule has 0 spiro atoms. The van der Waals surface area contributed by atoms with Crippen LogP contribution in [0.4, 0.5) is 0 Å². The second-order valence-corrected chi connectivity index (χ2v) is 6.97. The Hall–Kier alpha value is -0.900. The van der Waals surface area contributed by atoms with Gasteiger partial charge >= 0.3 is 0 Å². The van der Waals surface area contributed by atoms with Crippen molar-refractivity contribution >= 4 is 11.7 Å². The molecule has 2 atom stereocenters. The summed E-state index contributed by atoms with van der Waals surface area (Å²) in [6.07, 6.45) is 4.52. The van der Waals surface area contributed by atoms with E-state index in [9.17, 15) is 9.59 Å². The summed E-state index contributed by atoms with van der Waals surface area (Å²) in [4.78, 5) is 26.2. The van der Waals surface area contributed by atoms with Crippen molar-refractivity contribution < 1.29 is 9.59 Å². The first-order valence-corrected chi connectivity index (χ1v) is 7.73. The number of nitrogens with zero attached hydrogens (tertiary/aromatic N) is 1. The Balaban J connectivity index is 2.62. The number of hydrogen-bond donors (Lipinski definition) is 1. The molecule has 0 aromatic carbocycles. The zero-order valence-corrected chi connectivity index (χ0v) is 13.7. The van der Waals surface area contributed by atoms with Gasteiger partial charge in [-0.15, -0.1) is 0 Å². The summed E-state index contributed by atoms with van der Waals surface area (Å²) in [6.45, 7) is 6.66. The summed E-state index contributed by atoms with van der Waals surface area (Å²) in [7, 11) is 3.86. The van der Waals surface area contributed by atoms with E-state index < -0.39 is 5.41 Å². The SMILES string of the molecule is CCC(CC(C)(C)C(=O)NCN(C)C)C1CCCC1=O. The highest BCUT2D eigenvalue weighted by molar-refractivity contribution is 5.84. The minimum absolute atomic E-state index is 0.0788. The first-order chi connectivity index (χ1) is 9.27. The average Bonchev–Trinajstić information content (AvgIpc) is 2.79. The number of carbonyl (C=O) groups excluding carboxylic acids is 2. The van der Waals surface area contributed by atoms with Gasteiger partial charge in [0.1, 0.15) is 5.78 Å². The summed E-state index contributed by atoms with van der Waals surface area (Å²) in [5, 5.41) is 2.96. The Morgan fingerprint density at radius 1 is 1.45 bits per heavy atom. The van der Waals surface area contributed by atoms with Gasteiger partial charge in [-0.05, 0) is 39.3 Å². The molecule has 4 nitrogen and oxygen atoms in total. The Kier molecular flexibility index (Phi) is 6.18. The van der Waals surface area contributed by atoms with Crippen molar-refractivity contribution in [3.05, 3.63) is 0 Å². The summed E-state index contributed by atoms with van der Waals surface area (Å²) in [6, 6.07) is 0. The van der Waals surface area contributed by atoms with Crippen LogP contribution in [0.25, 0.3) is 0 Å². The first-order valence-electron chi connectivity index (χ1n) is 7.73. The van der Waals surface area contributed by atoms with E-state index in [1.807, 2.05) is 32.8 Å². The Morgan fingerprint density at radius 3 is 2.55 bits per heavy atom. The highest BCUT2D eigenvalue weighted by Gasteiger charge is 2.37. The molecule has 0 aromatic heterocycles. The van der Waals surface area contributed by atoms with E-state index >= 15 is 0 Å². The third kappa shape index (κ3) is 4.58. The molecule has 1 N–H and O–H groups in total. The number of rotatable bonds is 7. The molecule has 0 aromatic rings. The number of amides is 1. The van der Waals surface area contributed by atoms with Crippen molar-refractivity contribution in [1.29, 1.82) is 0 Å². The highest BCUT2D eigenvalue weighted by atomic mass is 16.2. The Bertz CT molecular complexity index is 350. The minimum Gasteiger partial charge on any atom is -0.343 e. The van der Waals surface area contributed by atoms with Crippen molar-refractivity contribution in [2.75, 3.05) is 20.8 Å². The number of ketones is 1. The van der Waals surface area contributed by atoms with Crippen LogP contribution in [-0.2, 0) is 9.59 Å². The molecule has 1 aliphatic rings. The van der Waals surface area contributed by atoms with Gasteiger partial charge in [-0.1, -0.05) is 27.2 Å². The monoisotopic (exact) mass is 282 g/mol. The molecule has 0 saturated heterocycles. The van der Waals surface area contributed by atoms with E-state index in [2.05, 4.69) is 12.2 Å². The Morgan fingerprint density at radius 2 is 2.10 bits per heavy atom. The molecule has 0 aliphatic heterocycles. The molecule has 1 saturated carbocycles. The van der Waals surface area contributed by atoms with Crippen molar-refractivity contribution in [2.24, 2.45) is 17.3 Å². The molecule has 1 rings (SSSR count). The van der Waals surface area contributed by atoms with Gasteiger partial charge in [0.25, 0.3) is 0 Å². The van der Waals surface area contributed by atoms with Crippen LogP contribution in [0.5, 0.6) is 0 Å². The smallest absolute Gasteiger partial charge is 0.226 e. The average molecular weight is 282 g/mol. The molecule has 0 heterocycles. The van der Waals surface area contributed by atoms with E-state index in [4.69, 9.17) is 0 Å². The van der Waals surface area contributed by atoms with Crippen LogP contribution in [0.3, 0.4) is 0 Å². The largest absolute Gasteiger partial charge is 0.343 e. The molecule has 1 fully saturated rings. The van der Waals surface area contributed by atoms with E-state index in [0.717, 1.165) is 32.1 Å². The van der Waals surface area contributed by atoms with E-state index in [1.54, 1.807) is 0 Å². The summed E-state index contributed by atoms with van der Waals surface area (Å²) >= 11 is 0. The van der Waals surface area contributed by atoms with Gasteiger partial charge in [0.05, 0.1) is 6.67 Å². The topological polar surface area (TPSA) is 49.4 Å². The number of nitrogens with one attached hydrogen (secondary N) is 1. The molecule has 1 aliphatic carbocycles.